The first-order chi connectivity index (χ1) is 9.06. The fourth-order valence-electron chi connectivity index (χ4n) is 2.01. The Balaban J connectivity index is 2.01. The van der Waals surface area contributed by atoms with Gasteiger partial charge in [0, 0.05) is 17.1 Å². The van der Waals surface area contributed by atoms with Gasteiger partial charge in [-0.2, -0.15) is 0 Å². The molecule has 0 atom stereocenters. The SMILES string of the molecule is CC(C)(C)NCC/C=C/c1cccc2ncccc12. The summed E-state index contributed by atoms with van der Waals surface area (Å²) >= 11 is 0. The van der Waals surface area contributed by atoms with Crippen LogP contribution in [0.1, 0.15) is 32.8 Å². The molecule has 2 nitrogen and oxygen atoms in total. The van der Waals surface area contributed by atoms with Crippen molar-refractivity contribution in [2.24, 2.45) is 0 Å². The molecular formula is C17H22N2. The summed E-state index contributed by atoms with van der Waals surface area (Å²) in [5.41, 5.74) is 2.48. The van der Waals surface area contributed by atoms with Gasteiger partial charge in [-0.25, -0.2) is 0 Å². The van der Waals surface area contributed by atoms with Crippen molar-refractivity contribution in [1.82, 2.24) is 10.3 Å². The van der Waals surface area contributed by atoms with Crippen LogP contribution < -0.4 is 5.32 Å². The topological polar surface area (TPSA) is 24.9 Å². The Labute approximate surface area is 115 Å². The van der Waals surface area contributed by atoms with Gasteiger partial charge in [-0.05, 0) is 51.4 Å². The third-order valence-electron chi connectivity index (χ3n) is 2.94. The first kappa shape index (κ1) is 13.8. The number of aromatic nitrogens is 1. The number of rotatable bonds is 4. The quantitative estimate of drug-likeness (QED) is 0.833. The molecule has 0 saturated carbocycles. The largest absolute Gasteiger partial charge is 0.312 e. The molecule has 0 bridgehead atoms. The monoisotopic (exact) mass is 254 g/mol. The standard InChI is InChI=1S/C17H22N2/c1-17(2,3)19-13-5-4-8-14-9-6-11-16-15(14)10-7-12-18-16/h4,6-12,19H,5,13H2,1-3H3/b8-4+. The summed E-state index contributed by atoms with van der Waals surface area (Å²) in [4.78, 5) is 4.37. The number of fused-ring (bicyclic) bond motifs is 1. The number of nitrogens with zero attached hydrogens (tertiary/aromatic N) is 1. The zero-order chi connectivity index (χ0) is 13.7. The molecule has 1 aromatic heterocycles. The maximum Gasteiger partial charge on any atom is 0.0707 e. The number of pyridine rings is 1. The van der Waals surface area contributed by atoms with E-state index < -0.39 is 0 Å². The van der Waals surface area contributed by atoms with Crippen LogP contribution in [0, 0.1) is 0 Å². The average molecular weight is 254 g/mol. The molecule has 0 aliphatic carbocycles. The van der Waals surface area contributed by atoms with E-state index in [1.54, 1.807) is 0 Å². The molecule has 0 saturated heterocycles. The van der Waals surface area contributed by atoms with Crippen LogP contribution in [0.25, 0.3) is 17.0 Å². The summed E-state index contributed by atoms with van der Waals surface area (Å²) in [6.07, 6.45) is 7.28. The van der Waals surface area contributed by atoms with E-state index >= 15 is 0 Å². The van der Waals surface area contributed by atoms with Crippen molar-refractivity contribution < 1.29 is 0 Å². The van der Waals surface area contributed by atoms with Gasteiger partial charge in [-0.15, -0.1) is 0 Å². The Morgan fingerprint density at radius 1 is 1.16 bits per heavy atom. The van der Waals surface area contributed by atoms with Crippen LogP contribution >= 0.6 is 0 Å². The number of nitrogens with one attached hydrogen (secondary N) is 1. The van der Waals surface area contributed by atoms with Crippen LogP contribution in [0.5, 0.6) is 0 Å². The highest BCUT2D eigenvalue weighted by Crippen LogP contribution is 2.17. The highest BCUT2D eigenvalue weighted by molar-refractivity contribution is 5.87. The molecule has 0 aliphatic rings. The summed E-state index contributed by atoms with van der Waals surface area (Å²) in [5.74, 6) is 0. The minimum absolute atomic E-state index is 0.192. The van der Waals surface area contributed by atoms with Gasteiger partial charge >= 0.3 is 0 Å². The molecule has 0 radical (unpaired) electrons. The maximum atomic E-state index is 4.37. The number of benzene rings is 1. The zero-order valence-electron chi connectivity index (χ0n) is 12.0. The molecule has 0 aliphatic heterocycles. The first-order valence-corrected chi connectivity index (χ1v) is 6.81. The van der Waals surface area contributed by atoms with Gasteiger partial charge in [-0.1, -0.05) is 30.4 Å². The van der Waals surface area contributed by atoms with Crippen LogP contribution in [-0.2, 0) is 0 Å². The molecule has 0 amide bonds. The van der Waals surface area contributed by atoms with Crippen molar-refractivity contribution in [3.8, 4) is 0 Å². The first-order valence-electron chi connectivity index (χ1n) is 6.81. The van der Waals surface area contributed by atoms with E-state index in [-0.39, 0.29) is 5.54 Å². The van der Waals surface area contributed by atoms with Crippen LogP contribution in [0.4, 0.5) is 0 Å². The lowest BCUT2D eigenvalue weighted by atomic mass is 10.1. The van der Waals surface area contributed by atoms with Crippen molar-refractivity contribution >= 4 is 17.0 Å². The summed E-state index contributed by atoms with van der Waals surface area (Å²) in [6, 6.07) is 10.4. The van der Waals surface area contributed by atoms with E-state index in [2.05, 4.69) is 61.4 Å². The molecule has 1 aromatic carbocycles. The third kappa shape index (κ3) is 4.18. The summed E-state index contributed by atoms with van der Waals surface area (Å²) < 4.78 is 0. The lowest BCUT2D eigenvalue weighted by Gasteiger charge is -2.19. The van der Waals surface area contributed by atoms with Crippen molar-refractivity contribution in [2.75, 3.05) is 6.54 Å². The lowest BCUT2D eigenvalue weighted by Crippen LogP contribution is -2.36. The molecule has 0 spiro atoms. The second-order valence-electron chi connectivity index (χ2n) is 5.79. The fraction of sp³-hybridized carbons (Fsp3) is 0.353. The summed E-state index contributed by atoms with van der Waals surface area (Å²) in [6.45, 7) is 7.57. The Bertz CT molecular complexity index is 559. The van der Waals surface area contributed by atoms with E-state index in [1.807, 2.05) is 18.3 Å². The van der Waals surface area contributed by atoms with Crippen LogP contribution in [0.3, 0.4) is 0 Å². The molecule has 100 valence electrons. The fourth-order valence-corrected chi connectivity index (χ4v) is 2.01. The van der Waals surface area contributed by atoms with Crippen molar-refractivity contribution in [3.63, 3.8) is 0 Å². The van der Waals surface area contributed by atoms with Gasteiger partial charge in [-0.3, -0.25) is 4.98 Å². The second kappa shape index (κ2) is 5.98. The van der Waals surface area contributed by atoms with Crippen LogP contribution in [-0.4, -0.2) is 17.1 Å². The van der Waals surface area contributed by atoms with Gasteiger partial charge in [0.1, 0.15) is 0 Å². The minimum Gasteiger partial charge on any atom is -0.312 e. The van der Waals surface area contributed by atoms with Crippen molar-refractivity contribution in [1.29, 1.82) is 0 Å². The molecule has 2 aromatic rings. The van der Waals surface area contributed by atoms with Gasteiger partial charge in [0.2, 0.25) is 0 Å². The molecule has 2 heteroatoms. The molecule has 0 fully saturated rings. The normalized spacial score (nSPS) is 12.4. The minimum atomic E-state index is 0.192. The summed E-state index contributed by atoms with van der Waals surface area (Å²) in [7, 11) is 0. The Morgan fingerprint density at radius 3 is 2.79 bits per heavy atom. The van der Waals surface area contributed by atoms with E-state index in [1.165, 1.54) is 10.9 Å². The average Bonchev–Trinajstić information content (AvgIpc) is 2.37. The van der Waals surface area contributed by atoms with E-state index in [0.717, 1.165) is 18.5 Å². The molecule has 0 unspecified atom stereocenters. The number of hydrogen-bond donors (Lipinski definition) is 1. The predicted molar refractivity (Wildman–Crippen MR) is 83.1 cm³/mol. The van der Waals surface area contributed by atoms with E-state index in [9.17, 15) is 0 Å². The van der Waals surface area contributed by atoms with E-state index in [4.69, 9.17) is 0 Å². The van der Waals surface area contributed by atoms with Gasteiger partial charge < -0.3 is 5.32 Å². The van der Waals surface area contributed by atoms with Crippen LogP contribution in [0.15, 0.2) is 42.6 Å². The van der Waals surface area contributed by atoms with Crippen molar-refractivity contribution in [2.45, 2.75) is 32.7 Å². The maximum absolute atomic E-state index is 4.37. The second-order valence-corrected chi connectivity index (χ2v) is 5.79. The van der Waals surface area contributed by atoms with E-state index in [0.29, 0.717) is 0 Å². The Morgan fingerprint density at radius 2 is 2.00 bits per heavy atom. The molecule has 2 rings (SSSR count). The van der Waals surface area contributed by atoms with Gasteiger partial charge in [0.15, 0.2) is 0 Å². The predicted octanol–water partition coefficient (Wildman–Crippen LogP) is 4.03. The molecule has 1 N–H and O–H groups in total. The molecule has 19 heavy (non-hydrogen) atoms. The summed E-state index contributed by atoms with van der Waals surface area (Å²) in [5, 5.41) is 4.69. The molecule has 1 heterocycles. The van der Waals surface area contributed by atoms with Crippen molar-refractivity contribution in [3.05, 3.63) is 48.2 Å². The Kier molecular flexibility index (Phi) is 4.33. The highest BCUT2D eigenvalue weighted by Gasteiger charge is 2.06. The highest BCUT2D eigenvalue weighted by atomic mass is 14.9. The lowest BCUT2D eigenvalue weighted by molar-refractivity contribution is 0.431. The third-order valence-corrected chi connectivity index (χ3v) is 2.94. The van der Waals surface area contributed by atoms with Crippen LogP contribution in [0.2, 0.25) is 0 Å². The smallest absolute Gasteiger partial charge is 0.0707 e. The number of hydrogen-bond acceptors (Lipinski definition) is 2. The van der Waals surface area contributed by atoms with Gasteiger partial charge in [0.25, 0.3) is 0 Å². The molecular weight excluding hydrogens is 232 g/mol. The Hall–Kier alpha value is -1.67. The zero-order valence-corrected chi connectivity index (χ0v) is 12.0. The van der Waals surface area contributed by atoms with Gasteiger partial charge in [0.05, 0.1) is 5.52 Å².